The van der Waals surface area contributed by atoms with Crippen molar-refractivity contribution in [2.75, 3.05) is 0 Å². The molecule has 2 aromatic rings. The topological polar surface area (TPSA) is 69.6 Å². The lowest BCUT2D eigenvalue weighted by Gasteiger charge is -1.85. The number of hydrogen-bond donors (Lipinski definition) is 1. The van der Waals surface area contributed by atoms with Crippen molar-refractivity contribution in [2.24, 2.45) is 0 Å². The first-order valence-corrected chi connectivity index (χ1v) is 3.58. The van der Waals surface area contributed by atoms with E-state index in [9.17, 15) is 9.18 Å². The van der Waals surface area contributed by atoms with E-state index in [1.807, 2.05) is 0 Å². The highest BCUT2D eigenvalue weighted by Crippen LogP contribution is 2.12. The van der Waals surface area contributed by atoms with Gasteiger partial charge in [0.15, 0.2) is 5.82 Å². The maximum atomic E-state index is 12.7. The molecule has 1 amide bonds. The van der Waals surface area contributed by atoms with E-state index in [-0.39, 0.29) is 5.82 Å². The van der Waals surface area contributed by atoms with Crippen molar-refractivity contribution >= 4 is 16.9 Å². The van der Waals surface area contributed by atoms with Gasteiger partial charge >= 0.3 is 5.91 Å². The number of aromatic nitrogens is 2. The number of amides is 1. The molecular weight excluding hydrogens is 173 g/mol. The molecule has 1 aromatic carbocycles. The van der Waals surface area contributed by atoms with E-state index in [0.29, 0.717) is 11.0 Å². The molecule has 0 atom stereocenters. The van der Waals surface area contributed by atoms with Gasteiger partial charge in [-0.25, -0.2) is 9.37 Å². The molecule has 65 valence electrons. The van der Waals surface area contributed by atoms with Crippen LogP contribution in [0.3, 0.4) is 0 Å². The van der Waals surface area contributed by atoms with Crippen molar-refractivity contribution in [1.82, 2.24) is 15.7 Å². The van der Waals surface area contributed by atoms with E-state index < -0.39 is 11.7 Å². The van der Waals surface area contributed by atoms with Crippen molar-refractivity contribution in [2.45, 2.75) is 0 Å². The van der Waals surface area contributed by atoms with Gasteiger partial charge in [0.2, 0.25) is 0 Å². The van der Waals surface area contributed by atoms with Gasteiger partial charge in [-0.05, 0) is 12.1 Å². The predicted octanol–water partition coefficient (Wildman–Crippen LogP) is 1.13. The monoisotopic (exact) mass is 178 g/mol. The number of rotatable bonds is 1. The van der Waals surface area contributed by atoms with Crippen molar-refractivity contribution in [3.8, 4) is 0 Å². The normalized spacial score (nSPS) is 10.5. The molecule has 2 rings (SSSR count). The van der Waals surface area contributed by atoms with Gasteiger partial charge in [-0.15, -0.1) is 0 Å². The fraction of sp³-hybridized carbons (Fsp3) is 0. The number of halogens is 1. The molecule has 4 nitrogen and oxygen atoms in total. The molecule has 0 aliphatic carbocycles. The van der Waals surface area contributed by atoms with Crippen LogP contribution in [0.15, 0.2) is 18.2 Å². The summed E-state index contributed by atoms with van der Waals surface area (Å²) in [6.45, 7) is 0. The number of fused-ring (bicyclic) bond motifs is 1. The summed E-state index contributed by atoms with van der Waals surface area (Å²) in [5, 5.41) is 0. The lowest BCUT2D eigenvalue weighted by molar-refractivity contribution is 0.0983. The molecule has 1 heterocycles. The highest BCUT2D eigenvalue weighted by molar-refractivity contribution is 5.92. The van der Waals surface area contributed by atoms with Gasteiger partial charge < -0.3 is 4.98 Å². The largest absolute Gasteiger partial charge is 0.334 e. The van der Waals surface area contributed by atoms with Crippen molar-refractivity contribution in [1.29, 1.82) is 0 Å². The summed E-state index contributed by atoms with van der Waals surface area (Å²) in [4.78, 5) is 16.9. The smallest absolute Gasteiger partial charge is 0.305 e. The van der Waals surface area contributed by atoms with Crippen LogP contribution in [0.1, 0.15) is 10.6 Å². The molecule has 0 bridgehead atoms. The van der Waals surface area contributed by atoms with E-state index in [4.69, 9.17) is 5.73 Å². The first-order valence-electron chi connectivity index (χ1n) is 3.58. The zero-order valence-corrected chi connectivity index (χ0v) is 6.47. The summed E-state index contributed by atoms with van der Waals surface area (Å²) in [5.41, 5.74) is 7.69. The second-order valence-electron chi connectivity index (χ2n) is 2.58. The zero-order chi connectivity index (χ0) is 9.42. The molecule has 0 aliphatic heterocycles. The van der Waals surface area contributed by atoms with E-state index in [2.05, 4.69) is 9.97 Å². The Labute approximate surface area is 72.6 Å². The van der Waals surface area contributed by atoms with Gasteiger partial charge in [0.05, 0.1) is 11.0 Å². The molecule has 5 heteroatoms. The third-order valence-corrected chi connectivity index (χ3v) is 1.66. The molecule has 0 spiro atoms. The first-order chi connectivity index (χ1) is 6.16. The van der Waals surface area contributed by atoms with Crippen LogP contribution in [0.25, 0.3) is 11.0 Å². The van der Waals surface area contributed by atoms with Gasteiger partial charge in [0, 0.05) is 6.07 Å². The Kier molecular flexibility index (Phi) is 1.51. The van der Waals surface area contributed by atoms with Crippen LogP contribution in [0.5, 0.6) is 0 Å². The Morgan fingerprint density at radius 1 is 1.54 bits per heavy atom. The van der Waals surface area contributed by atoms with Crippen LogP contribution in [-0.2, 0) is 0 Å². The molecule has 13 heavy (non-hydrogen) atoms. The minimum atomic E-state index is -0.906. The van der Waals surface area contributed by atoms with E-state index in [1.165, 1.54) is 18.2 Å². The Balaban J connectivity index is 2.68. The Morgan fingerprint density at radius 3 is 3.00 bits per heavy atom. The molecule has 1 radical (unpaired) electrons. The predicted molar refractivity (Wildman–Crippen MR) is 43.5 cm³/mol. The van der Waals surface area contributed by atoms with Gasteiger partial charge in [0.1, 0.15) is 5.82 Å². The van der Waals surface area contributed by atoms with Crippen molar-refractivity contribution < 1.29 is 9.18 Å². The number of H-pyrrole nitrogens is 1. The van der Waals surface area contributed by atoms with Crippen LogP contribution >= 0.6 is 0 Å². The number of carbonyl (C=O) groups is 1. The van der Waals surface area contributed by atoms with Gasteiger partial charge in [-0.1, -0.05) is 0 Å². The highest BCUT2D eigenvalue weighted by atomic mass is 19.1. The number of nitrogens with zero attached hydrogens (tertiary/aromatic N) is 1. The minimum absolute atomic E-state index is 0.0689. The summed E-state index contributed by atoms with van der Waals surface area (Å²) in [6, 6.07) is 3.95. The first kappa shape index (κ1) is 7.72. The molecule has 0 saturated carbocycles. The number of nitrogens with one attached hydrogen (secondary N) is 2. The zero-order valence-electron chi connectivity index (χ0n) is 6.47. The number of benzene rings is 1. The van der Waals surface area contributed by atoms with E-state index >= 15 is 0 Å². The highest BCUT2D eigenvalue weighted by Gasteiger charge is 2.07. The van der Waals surface area contributed by atoms with Gasteiger partial charge in [-0.3, -0.25) is 10.5 Å². The fourth-order valence-corrected chi connectivity index (χ4v) is 1.09. The molecule has 0 saturated heterocycles. The quantitative estimate of drug-likeness (QED) is 0.710. The van der Waals surface area contributed by atoms with Crippen molar-refractivity contribution in [3.63, 3.8) is 0 Å². The Morgan fingerprint density at radius 2 is 2.31 bits per heavy atom. The summed E-state index contributed by atoms with van der Waals surface area (Å²) in [7, 11) is 0. The van der Waals surface area contributed by atoms with Gasteiger partial charge in [0.25, 0.3) is 0 Å². The molecule has 0 aliphatic rings. The van der Waals surface area contributed by atoms with Crippen LogP contribution in [0.2, 0.25) is 0 Å². The number of hydrogen-bond acceptors (Lipinski definition) is 2. The molecule has 1 aromatic heterocycles. The summed E-state index contributed by atoms with van der Waals surface area (Å²) in [6.07, 6.45) is 0. The van der Waals surface area contributed by atoms with Crippen molar-refractivity contribution in [3.05, 3.63) is 29.8 Å². The molecule has 2 N–H and O–H groups in total. The van der Waals surface area contributed by atoms with Crippen LogP contribution in [0.4, 0.5) is 4.39 Å². The van der Waals surface area contributed by atoms with Crippen LogP contribution < -0.4 is 5.73 Å². The van der Waals surface area contributed by atoms with Crippen LogP contribution in [0, 0.1) is 5.82 Å². The fourth-order valence-electron chi connectivity index (χ4n) is 1.09. The summed E-state index contributed by atoms with van der Waals surface area (Å²) in [5.74, 6) is -1.39. The molecular formula is C8H5FN3O. The second-order valence-corrected chi connectivity index (χ2v) is 2.58. The maximum Gasteiger partial charge on any atom is 0.305 e. The van der Waals surface area contributed by atoms with Gasteiger partial charge in [-0.2, -0.15) is 0 Å². The third-order valence-electron chi connectivity index (χ3n) is 1.66. The third kappa shape index (κ3) is 1.24. The number of imidazole rings is 1. The van der Waals surface area contributed by atoms with E-state index in [1.54, 1.807) is 0 Å². The number of carbonyl (C=O) groups excluding carboxylic acids is 1. The average Bonchev–Trinajstić information content (AvgIpc) is 2.46. The minimum Gasteiger partial charge on any atom is -0.334 e. The molecule has 0 unspecified atom stereocenters. The standard InChI is InChI=1S/C8H5FN3O/c9-4-1-2-5-6(3-4)12-8(11-5)7(10)13/h1-3,10H,(H,11,12). The summed E-state index contributed by atoms with van der Waals surface area (Å²) >= 11 is 0. The lowest BCUT2D eigenvalue weighted by Crippen LogP contribution is -2.00. The Hall–Kier alpha value is -1.91. The lowest BCUT2D eigenvalue weighted by atomic mass is 10.3. The average molecular weight is 178 g/mol. The van der Waals surface area contributed by atoms with Crippen LogP contribution in [-0.4, -0.2) is 15.9 Å². The molecule has 0 fully saturated rings. The maximum absolute atomic E-state index is 12.7. The SMILES string of the molecule is [NH]C(=O)c1nc2cc(F)ccc2[nH]1. The summed E-state index contributed by atoms with van der Waals surface area (Å²) < 4.78 is 12.7. The second kappa shape index (κ2) is 2.55. The van der Waals surface area contributed by atoms with E-state index in [0.717, 1.165) is 0 Å². The Bertz CT molecular complexity index is 477. The number of aromatic amines is 1.